The average Bonchev–Trinajstić information content (AvgIpc) is 3.39. The van der Waals surface area contributed by atoms with Gasteiger partial charge >= 0.3 is 0 Å². The molecule has 5 rings (SSSR count). The summed E-state index contributed by atoms with van der Waals surface area (Å²) < 4.78 is 41.8. The minimum atomic E-state index is -4.06. The van der Waals surface area contributed by atoms with Crippen LogP contribution in [0.5, 0.6) is 5.75 Å². The summed E-state index contributed by atoms with van der Waals surface area (Å²) in [5.74, 6) is 1.02. The second-order valence-corrected chi connectivity index (χ2v) is 12.1. The van der Waals surface area contributed by atoms with Crippen LogP contribution in [0.1, 0.15) is 31.2 Å². The second kappa shape index (κ2) is 10.8. The number of aromatic nitrogens is 1. The second-order valence-electron chi connectivity index (χ2n) is 8.98. The van der Waals surface area contributed by atoms with Crippen LogP contribution < -0.4 is 14.2 Å². The molecule has 0 unspecified atom stereocenters. The Bertz CT molecular complexity index is 1570. The fourth-order valence-corrected chi connectivity index (χ4v) is 6.24. The number of hydrogen-bond acceptors (Lipinski definition) is 5. The van der Waals surface area contributed by atoms with E-state index in [-0.39, 0.29) is 12.2 Å². The molecule has 6 nitrogen and oxygen atoms in total. The van der Waals surface area contributed by atoms with Gasteiger partial charge in [0.2, 0.25) is 11.4 Å². The fraction of sp³-hybridized carbons (Fsp3) is 0.250. The number of nitrogens with zero attached hydrogens (tertiary/aromatic N) is 2. The molecule has 1 aliphatic rings. The quantitative estimate of drug-likeness (QED) is 0.182. The van der Waals surface area contributed by atoms with Gasteiger partial charge in [-0.25, -0.2) is 0 Å². The van der Waals surface area contributed by atoms with E-state index in [2.05, 4.69) is 29.7 Å². The third kappa shape index (κ3) is 5.83. The number of ether oxygens (including phenoxy) is 1. The number of hydrogen-bond donors (Lipinski definition) is 1. The molecule has 0 amide bonds. The zero-order valence-electron chi connectivity index (χ0n) is 20.4. The first-order valence-electron chi connectivity index (χ1n) is 12.3. The van der Waals surface area contributed by atoms with Crippen molar-refractivity contribution in [3.05, 3.63) is 82.6 Å². The molecular formula is C28H28ClN2O4S2+. The van der Waals surface area contributed by atoms with Crippen molar-refractivity contribution in [3.63, 3.8) is 0 Å². The molecule has 2 heterocycles. The van der Waals surface area contributed by atoms with Crippen molar-refractivity contribution in [3.8, 4) is 16.9 Å². The molecule has 0 radical (unpaired) electrons. The average molecular weight is 556 g/mol. The Kier molecular flexibility index (Phi) is 7.53. The standard InChI is InChI=1S/C28H27ClN2O4S2/c1-2-3-14-31-24-18-22(29)11-13-26(24)36-28(31)19-27-30(15-7-16-37(32,33)34)23-17-21(10-12-25(23)35-27)20-8-5-4-6-9-20/h4-6,8-13,17-19H,2-3,7,14-16H2,1H3/p+1. The molecule has 0 atom stereocenters. The highest BCUT2D eigenvalue weighted by Crippen LogP contribution is 2.42. The first kappa shape index (κ1) is 25.7. The number of rotatable bonds is 9. The molecule has 3 aromatic carbocycles. The summed E-state index contributed by atoms with van der Waals surface area (Å²) in [5.41, 5.74) is 4.07. The maximum absolute atomic E-state index is 11.4. The molecule has 0 bridgehead atoms. The molecule has 9 heteroatoms. The summed E-state index contributed by atoms with van der Waals surface area (Å²) in [7, 11) is -4.06. The molecule has 0 aliphatic carbocycles. The highest BCUT2D eigenvalue weighted by atomic mass is 35.5. The molecular weight excluding hydrogens is 528 g/mol. The van der Waals surface area contributed by atoms with Gasteiger partial charge in [-0.1, -0.05) is 72.7 Å². The van der Waals surface area contributed by atoms with E-state index in [0.29, 0.717) is 23.2 Å². The maximum Gasteiger partial charge on any atom is 0.268 e. The Morgan fingerprint density at radius 3 is 2.62 bits per heavy atom. The van der Waals surface area contributed by atoms with Gasteiger partial charge in [-0.05, 0) is 41.8 Å². The van der Waals surface area contributed by atoms with E-state index < -0.39 is 10.1 Å². The van der Waals surface area contributed by atoms with Crippen LogP contribution in [0, 0.1) is 0 Å². The van der Waals surface area contributed by atoms with E-state index in [1.165, 1.54) is 0 Å². The van der Waals surface area contributed by atoms with E-state index >= 15 is 0 Å². The highest BCUT2D eigenvalue weighted by molar-refractivity contribution is 7.85. The largest absolute Gasteiger partial charge is 0.438 e. The summed E-state index contributed by atoms with van der Waals surface area (Å²) in [5, 5.41) is 1.72. The van der Waals surface area contributed by atoms with Crippen molar-refractivity contribution in [2.24, 2.45) is 0 Å². The van der Waals surface area contributed by atoms with Crippen LogP contribution in [0.25, 0.3) is 27.4 Å². The Balaban J connectivity index is 1.56. The number of fused-ring (bicyclic) bond motifs is 2. The van der Waals surface area contributed by atoms with Crippen molar-refractivity contribution in [2.75, 3.05) is 17.2 Å². The summed E-state index contributed by atoms with van der Waals surface area (Å²) in [6, 6.07) is 22.0. The lowest BCUT2D eigenvalue weighted by atomic mass is 10.0. The summed E-state index contributed by atoms with van der Waals surface area (Å²) >= 11 is 7.99. The van der Waals surface area contributed by atoms with Crippen LogP contribution in [0.15, 0.2) is 72.6 Å². The van der Waals surface area contributed by atoms with Crippen molar-refractivity contribution in [1.29, 1.82) is 0 Å². The normalized spacial score (nSPS) is 14.4. The van der Waals surface area contributed by atoms with Gasteiger partial charge in [-0.3, -0.25) is 4.55 Å². The van der Waals surface area contributed by atoms with E-state index in [1.54, 1.807) is 11.3 Å². The van der Waals surface area contributed by atoms with Crippen LogP contribution in [0.2, 0.25) is 5.02 Å². The maximum atomic E-state index is 11.4. The lowest BCUT2D eigenvalue weighted by molar-refractivity contribution is -0.669. The number of halogens is 1. The van der Waals surface area contributed by atoms with Gasteiger partial charge in [0.1, 0.15) is 4.70 Å². The minimum Gasteiger partial charge on any atom is -0.438 e. The van der Waals surface area contributed by atoms with Gasteiger partial charge in [0.15, 0.2) is 12.3 Å². The Labute approximate surface area is 226 Å². The van der Waals surface area contributed by atoms with Crippen molar-refractivity contribution in [2.45, 2.75) is 32.7 Å². The van der Waals surface area contributed by atoms with Gasteiger partial charge < -0.3 is 9.64 Å². The van der Waals surface area contributed by atoms with E-state index in [9.17, 15) is 13.0 Å². The molecule has 192 valence electrons. The van der Waals surface area contributed by atoms with Crippen LogP contribution in [-0.2, 0) is 16.7 Å². The van der Waals surface area contributed by atoms with Crippen molar-refractivity contribution in [1.82, 2.24) is 0 Å². The first-order valence-corrected chi connectivity index (χ1v) is 15.1. The van der Waals surface area contributed by atoms with Gasteiger partial charge in [0.25, 0.3) is 15.1 Å². The summed E-state index contributed by atoms with van der Waals surface area (Å²) in [4.78, 5) is 1.99. The SMILES string of the molecule is CCCC[n+]1c(/C=C2\Oc3ccc(-c4ccccc4)cc3N2CCCS(=O)(=O)O)sc2ccc(Cl)cc21. The van der Waals surface area contributed by atoms with Crippen molar-refractivity contribution < 1.29 is 22.3 Å². The van der Waals surface area contributed by atoms with Gasteiger partial charge in [-0.15, -0.1) is 0 Å². The van der Waals surface area contributed by atoms with Crippen LogP contribution in [-0.4, -0.2) is 25.3 Å². The monoisotopic (exact) mass is 555 g/mol. The molecule has 1 aliphatic heterocycles. The number of unbranched alkanes of at least 4 members (excludes halogenated alkanes) is 1. The van der Waals surface area contributed by atoms with Gasteiger partial charge in [-0.2, -0.15) is 13.0 Å². The molecule has 4 aromatic rings. The lowest BCUT2D eigenvalue weighted by Gasteiger charge is -2.18. The molecule has 0 saturated heterocycles. The summed E-state index contributed by atoms with van der Waals surface area (Å²) in [6.45, 7) is 3.39. The van der Waals surface area contributed by atoms with Crippen LogP contribution in [0.3, 0.4) is 0 Å². The zero-order chi connectivity index (χ0) is 26.0. The summed E-state index contributed by atoms with van der Waals surface area (Å²) in [6.07, 6.45) is 4.36. The number of anilines is 1. The third-order valence-corrected chi connectivity index (χ3v) is 8.45. The number of thiazole rings is 1. The van der Waals surface area contributed by atoms with Crippen molar-refractivity contribution >= 4 is 55.0 Å². The van der Waals surface area contributed by atoms with E-state index in [1.807, 2.05) is 59.5 Å². The highest BCUT2D eigenvalue weighted by Gasteiger charge is 2.29. The predicted molar refractivity (Wildman–Crippen MR) is 151 cm³/mol. The number of aryl methyl sites for hydroxylation is 1. The molecule has 1 aromatic heterocycles. The Morgan fingerprint density at radius 2 is 1.86 bits per heavy atom. The van der Waals surface area contributed by atoms with Crippen LogP contribution >= 0.6 is 22.9 Å². The molecule has 0 fully saturated rings. The fourth-order valence-electron chi connectivity index (χ4n) is 4.49. The minimum absolute atomic E-state index is 0.256. The zero-order valence-corrected chi connectivity index (χ0v) is 22.8. The Hall–Kier alpha value is -2.91. The molecule has 0 saturated carbocycles. The molecule has 0 spiro atoms. The third-order valence-electron chi connectivity index (χ3n) is 6.30. The van der Waals surface area contributed by atoms with Crippen LogP contribution in [0.4, 0.5) is 5.69 Å². The molecule has 37 heavy (non-hydrogen) atoms. The smallest absolute Gasteiger partial charge is 0.268 e. The number of benzene rings is 3. The van der Waals surface area contributed by atoms with Gasteiger partial charge in [0.05, 0.1) is 17.5 Å². The lowest BCUT2D eigenvalue weighted by Crippen LogP contribution is -2.35. The van der Waals surface area contributed by atoms with Gasteiger partial charge in [0, 0.05) is 24.1 Å². The van der Waals surface area contributed by atoms with E-state index in [0.717, 1.165) is 51.4 Å². The first-order chi connectivity index (χ1) is 17.8. The van der Waals surface area contributed by atoms with E-state index in [4.69, 9.17) is 16.3 Å². The predicted octanol–water partition coefficient (Wildman–Crippen LogP) is 6.78. The molecule has 1 N–H and O–H groups in total. The Morgan fingerprint density at radius 1 is 1.05 bits per heavy atom. The topological polar surface area (TPSA) is 70.7 Å².